The van der Waals surface area contributed by atoms with Gasteiger partial charge in [-0.25, -0.2) is 0 Å². The van der Waals surface area contributed by atoms with E-state index in [-0.39, 0.29) is 21.7 Å². The van der Waals surface area contributed by atoms with Crippen molar-refractivity contribution in [1.82, 2.24) is 0 Å². The number of hydrogen-bond acceptors (Lipinski definition) is 4. The van der Waals surface area contributed by atoms with Gasteiger partial charge in [0.1, 0.15) is 0 Å². The van der Waals surface area contributed by atoms with E-state index in [1.54, 1.807) is 18.9 Å². The van der Waals surface area contributed by atoms with Crippen molar-refractivity contribution >= 4 is 34.6 Å². The molecule has 0 bridgehead atoms. The van der Waals surface area contributed by atoms with Gasteiger partial charge in [0, 0.05) is 25.7 Å². The summed E-state index contributed by atoms with van der Waals surface area (Å²) >= 11 is 12.0. The highest BCUT2D eigenvalue weighted by Gasteiger charge is 2.18. The largest absolute Gasteiger partial charge is 0.371 e. The van der Waals surface area contributed by atoms with E-state index in [9.17, 15) is 10.1 Å². The van der Waals surface area contributed by atoms with Crippen LogP contribution in [-0.2, 0) is 0 Å². The average Bonchev–Trinajstić information content (AvgIpc) is 2.27. The second kappa shape index (κ2) is 5.89. The van der Waals surface area contributed by atoms with Crippen molar-refractivity contribution in [3.05, 3.63) is 32.3 Å². The van der Waals surface area contributed by atoms with Crippen molar-refractivity contribution < 1.29 is 4.92 Å². The molecule has 0 amide bonds. The molecule has 7 heteroatoms. The van der Waals surface area contributed by atoms with Crippen molar-refractivity contribution in [3.63, 3.8) is 0 Å². The number of hydrogen-bond donors (Lipinski definition) is 0. The molecule has 0 aliphatic carbocycles. The molecule has 0 radical (unpaired) electrons. The maximum atomic E-state index is 10.6. The van der Waals surface area contributed by atoms with Crippen LogP contribution in [-0.4, -0.2) is 18.5 Å². The smallest absolute Gasteiger partial charge is 0.272 e. The van der Waals surface area contributed by atoms with Crippen molar-refractivity contribution in [2.24, 2.45) is 5.92 Å². The van der Waals surface area contributed by atoms with E-state index in [2.05, 4.69) is 6.07 Å². The first-order valence-corrected chi connectivity index (χ1v) is 5.86. The lowest BCUT2D eigenvalue weighted by atomic mass is 10.2. The highest BCUT2D eigenvalue weighted by atomic mass is 35.5. The van der Waals surface area contributed by atoms with Gasteiger partial charge in [-0.05, 0) is 6.92 Å². The lowest BCUT2D eigenvalue weighted by molar-refractivity contribution is -0.384. The van der Waals surface area contributed by atoms with E-state index in [1.165, 1.54) is 12.1 Å². The number of nitriles is 1. The minimum absolute atomic E-state index is 0.157. The van der Waals surface area contributed by atoms with Crippen molar-refractivity contribution in [2.45, 2.75) is 6.92 Å². The highest BCUT2D eigenvalue weighted by molar-refractivity contribution is 6.39. The van der Waals surface area contributed by atoms with Crippen LogP contribution in [0.25, 0.3) is 0 Å². The molecule has 0 N–H and O–H groups in total. The molecule has 1 unspecified atom stereocenters. The molecule has 0 spiro atoms. The molecule has 0 aliphatic rings. The van der Waals surface area contributed by atoms with Gasteiger partial charge in [0.2, 0.25) is 0 Å². The molecule has 1 aromatic carbocycles. The van der Waals surface area contributed by atoms with E-state index in [0.29, 0.717) is 12.2 Å². The minimum atomic E-state index is -0.556. The predicted molar refractivity (Wildman–Crippen MR) is 71.2 cm³/mol. The van der Waals surface area contributed by atoms with Crippen molar-refractivity contribution in [2.75, 3.05) is 18.5 Å². The fraction of sp³-hybridized carbons (Fsp3) is 0.364. The number of nitro groups is 1. The maximum Gasteiger partial charge on any atom is 0.272 e. The first kappa shape index (κ1) is 14.6. The second-order valence-corrected chi connectivity index (χ2v) is 4.74. The highest BCUT2D eigenvalue weighted by Crippen LogP contribution is 2.37. The van der Waals surface area contributed by atoms with Gasteiger partial charge in [-0.1, -0.05) is 23.2 Å². The van der Waals surface area contributed by atoms with E-state index in [1.807, 2.05) is 0 Å². The lowest BCUT2D eigenvalue weighted by Gasteiger charge is -2.22. The number of benzene rings is 1. The molecule has 5 nitrogen and oxygen atoms in total. The third kappa shape index (κ3) is 3.25. The zero-order valence-corrected chi connectivity index (χ0v) is 11.4. The second-order valence-electron chi connectivity index (χ2n) is 3.93. The minimum Gasteiger partial charge on any atom is -0.371 e. The van der Waals surface area contributed by atoms with Crippen LogP contribution in [0.4, 0.5) is 11.4 Å². The van der Waals surface area contributed by atoms with Gasteiger partial charge in [0.05, 0.1) is 32.6 Å². The van der Waals surface area contributed by atoms with Gasteiger partial charge < -0.3 is 4.90 Å². The monoisotopic (exact) mass is 287 g/mol. The first-order chi connectivity index (χ1) is 8.36. The predicted octanol–water partition coefficient (Wildman–Crippen LogP) is 3.50. The molecular weight excluding hydrogens is 277 g/mol. The maximum absolute atomic E-state index is 10.6. The Morgan fingerprint density at radius 2 is 2.00 bits per heavy atom. The standard InChI is InChI=1S/C11H11Cl2N3O2/c1-7(5-14)6-15(2)11-9(12)3-8(16(17)18)4-10(11)13/h3-4,7H,6H2,1-2H3. The summed E-state index contributed by atoms with van der Waals surface area (Å²) in [6.45, 7) is 2.21. The molecule has 96 valence electrons. The molecule has 1 atom stereocenters. The summed E-state index contributed by atoms with van der Waals surface area (Å²) in [5, 5.41) is 19.8. The number of rotatable bonds is 4. The van der Waals surface area contributed by atoms with Crippen LogP contribution in [0, 0.1) is 27.4 Å². The fourth-order valence-electron chi connectivity index (χ4n) is 1.57. The SMILES string of the molecule is CC(C#N)CN(C)c1c(Cl)cc([N+](=O)[O-])cc1Cl. The van der Waals surface area contributed by atoms with Crippen LogP contribution < -0.4 is 4.90 Å². The summed E-state index contributed by atoms with van der Waals surface area (Å²) in [6, 6.07) is 4.59. The molecule has 1 rings (SSSR count). The summed E-state index contributed by atoms with van der Waals surface area (Å²) in [5.74, 6) is -0.197. The molecule has 0 saturated heterocycles. The van der Waals surface area contributed by atoms with Gasteiger partial charge in [-0.3, -0.25) is 10.1 Å². The van der Waals surface area contributed by atoms with Crippen LogP contribution in [0.5, 0.6) is 0 Å². The topological polar surface area (TPSA) is 70.2 Å². The zero-order chi connectivity index (χ0) is 13.9. The van der Waals surface area contributed by atoms with Crippen molar-refractivity contribution in [1.29, 1.82) is 5.26 Å². The van der Waals surface area contributed by atoms with Crippen LogP contribution in [0.3, 0.4) is 0 Å². The molecule has 0 aliphatic heterocycles. The molecule has 18 heavy (non-hydrogen) atoms. The molecular formula is C11H11Cl2N3O2. The summed E-state index contributed by atoms with van der Waals surface area (Å²) in [5.41, 5.74) is 0.335. The Bertz CT molecular complexity index is 490. The number of nitro benzene ring substituents is 1. The van der Waals surface area contributed by atoms with E-state index in [0.717, 1.165) is 0 Å². The molecule has 0 heterocycles. The fourth-order valence-corrected chi connectivity index (χ4v) is 2.33. The Labute approximate surface area is 115 Å². The normalized spacial score (nSPS) is 11.7. The molecule has 1 aromatic rings. The average molecular weight is 288 g/mol. The molecule has 0 aromatic heterocycles. The third-order valence-electron chi connectivity index (χ3n) is 2.36. The Hall–Kier alpha value is -1.51. The molecule has 0 saturated carbocycles. The van der Waals surface area contributed by atoms with Gasteiger partial charge in [-0.2, -0.15) is 5.26 Å². The Morgan fingerprint density at radius 1 is 1.50 bits per heavy atom. The Morgan fingerprint density at radius 3 is 2.39 bits per heavy atom. The first-order valence-electron chi connectivity index (χ1n) is 5.11. The Balaban J connectivity index is 3.11. The number of nitrogens with zero attached hydrogens (tertiary/aromatic N) is 3. The van der Waals surface area contributed by atoms with Crippen LogP contribution >= 0.6 is 23.2 Å². The van der Waals surface area contributed by atoms with Crippen LogP contribution in [0.15, 0.2) is 12.1 Å². The molecule has 0 fully saturated rings. The van der Waals surface area contributed by atoms with Crippen molar-refractivity contribution in [3.8, 4) is 6.07 Å². The lowest BCUT2D eigenvalue weighted by Crippen LogP contribution is -2.23. The number of anilines is 1. The zero-order valence-electron chi connectivity index (χ0n) is 9.85. The van der Waals surface area contributed by atoms with E-state index < -0.39 is 4.92 Å². The quantitative estimate of drug-likeness (QED) is 0.628. The van der Waals surface area contributed by atoms with Gasteiger partial charge >= 0.3 is 0 Å². The number of halogens is 2. The van der Waals surface area contributed by atoms with Gasteiger partial charge in [0.25, 0.3) is 5.69 Å². The Kier molecular flexibility index (Phi) is 4.76. The summed E-state index contributed by atoms with van der Waals surface area (Å²) in [6.07, 6.45) is 0. The summed E-state index contributed by atoms with van der Waals surface area (Å²) in [4.78, 5) is 11.8. The van der Waals surface area contributed by atoms with E-state index in [4.69, 9.17) is 28.5 Å². The van der Waals surface area contributed by atoms with Gasteiger partial charge in [-0.15, -0.1) is 0 Å². The summed E-state index contributed by atoms with van der Waals surface area (Å²) < 4.78 is 0. The van der Waals surface area contributed by atoms with Crippen LogP contribution in [0.2, 0.25) is 10.0 Å². The van der Waals surface area contributed by atoms with Crippen LogP contribution in [0.1, 0.15) is 6.92 Å². The third-order valence-corrected chi connectivity index (χ3v) is 2.94. The number of non-ortho nitro benzene ring substituents is 1. The van der Waals surface area contributed by atoms with Gasteiger partial charge in [0.15, 0.2) is 0 Å². The summed E-state index contributed by atoms with van der Waals surface area (Å²) in [7, 11) is 1.73. The van der Waals surface area contributed by atoms with E-state index >= 15 is 0 Å².